The lowest BCUT2D eigenvalue weighted by Crippen LogP contribution is -2.10. The Morgan fingerprint density at radius 3 is 1.38 bits per heavy atom. The summed E-state index contributed by atoms with van der Waals surface area (Å²) in [5, 5.41) is 7.26. The lowest BCUT2D eigenvalue weighted by Gasteiger charge is -2.27. The molecule has 0 amide bonds. The second-order valence-electron chi connectivity index (χ2n) is 14.9. The number of benzene rings is 9. The summed E-state index contributed by atoms with van der Waals surface area (Å²) in [6, 6.07) is 76.2. The predicted octanol–water partition coefficient (Wildman–Crippen LogP) is 14.9. The second-order valence-corrected chi connectivity index (χ2v) is 14.9. The lowest BCUT2D eigenvalue weighted by atomic mass is 10.0. The van der Waals surface area contributed by atoms with E-state index in [4.69, 9.17) is 4.42 Å². The average Bonchev–Trinajstić information content (AvgIpc) is 3.95. The minimum atomic E-state index is 0.903. The Labute approximate surface area is 334 Å². The Hall–Kier alpha value is -7.82. The summed E-state index contributed by atoms with van der Waals surface area (Å²) in [5.41, 5.74) is 14.2. The maximum Gasteiger partial charge on any atom is 0.143 e. The van der Waals surface area contributed by atoms with Crippen LogP contribution < -0.4 is 4.90 Å². The zero-order chi connectivity index (χ0) is 38.2. The van der Waals surface area contributed by atoms with Crippen LogP contribution in [0, 0.1) is 0 Å². The Kier molecular flexibility index (Phi) is 7.20. The summed E-state index contributed by atoms with van der Waals surface area (Å²) in [6.07, 6.45) is 0. The molecule has 0 N–H and O–H groups in total. The van der Waals surface area contributed by atoms with Crippen molar-refractivity contribution in [2.24, 2.45) is 0 Å². The molecule has 0 aliphatic carbocycles. The van der Waals surface area contributed by atoms with Gasteiger partial charge >= 0.3 is 0 Å². The van der Waals surface area contributed by atoms with Crippen molar-refractivity contribution in [3.05, 3.63) is 212 Å². The highest BCUT2D eigenvalue weighted by molar-refractivity contribution is 6.11. The Balaban J connectivity index is 1.01. The SMILES string of the molecule is c1cc(N(c2ccc(-c3cccc4c3oc3ccccc34)cc2)c2ccc(-n3c4ccccc4c4ccccc43)cc2)cc(-n2c3ccccc3c3ccccc32)c1. The minimum absolute atomic E-state index is 0.903. The number of furan rings is 1. The number of anilines is 3. The number of fused-ring (bicyclic) bond motifs is 9. The van der Waals surface area contributed by atoms with E-state index in [0.29, 0.717) is 0 Å². The molecule has 9 aromatic carbocycles. The molecular formula is C54H35N3O. The highest BCUT2D eigenvalue weighted by atomic mass is 16.3. The van der Waals surface area contributed by atoms with Crippen molar-refractivity contribution in [3.8, 4) is 22.5 Å². The summed E-state index contributed by atoms with van der Waals surface area (Å²) >= 11 is 0. The highest BCUT2D eigenvalue weighted by Gasteiger charge is 2.19. The van der Waals surface area contributed by atoms with Crippen LogP contribution in [0.2, 0.25) is 0 Å². The van der Waals surface area contributed by atoms with Crippen LogP contribution in [0.5, 0.6) is 0 Å². The number of rotatable bonds is 6. The highest BCUT2D eigenvalue weighted by Crippen LogP contribution is 2.41. The molecule has 0 aliphatic heterocycles. The van der Waals surface area contributed by atoms with Crippen LogP contribution in [-0.2, 0) is 0 Å². The van der Waals surface area contributed by atoms with E-state index in [-0.39, 0.29) is 0 Å². The van der Waals surface area contributed by atoms with Gasteiger partial charge in [0.15, 0.2) is 0 Å². The first kappa shape index (κ1) is 32.4. The van der Waals surface area contributed by atoms with Gasteiger partial charge in [0.1, 0.15) is 11.2 Å². The van der Waals surface area contributed by atoms with Crippen LogP contribution in [-0.4, -0.2) is 9.13 Å². The molecule has 0 saturated heterocycles. The van der Waals surface area contributed by atoms with E-state index in [9.17, 15) is 0 Å². The zero-order valence-corrected chi connectivity index (χ0v) is 31.5. The summed E-state index contributed by atoms with van der Waals surface area (Å²) < 4.78 is 11.2. The monoisotopic (exact) mass is 741 g/mol. The molecule has 0 saturated carbocycles. The van der Waals surface area contributed by atoms with Gasteiger partial charge in [0.25, 0.3) is 0 Å². The van der Waals surface area contributed by atoms with E-state index >= 15 is 0 Å². The normalized spacial score (nSPS) is 11.8. The van der Waals surface area contributed by atoms with E-state index in [1.54, 1.807) is 0 Å². The number of hydrogen-bond donors (Lipinski definition) is 0. The summed E-state index contributed by atoms with van der Waals surface area (Å²) in [7, 11) is 0. The van der Waals surface area contributed by atoms with Gasteiger partial charge in [0.2, 0.25) is 0 Å². The number of hydrogen-bond acceptors (Lipinski definition) is 2. The molecule has 4 nitrogen and oxygen atoms in total. The molecule has 58 heavy (non-hydrogen) atoms. The van der Waals surface area contributed by atoms with Gasteiger partial charge < -0.3 is 18.5 Å². The maximum absolute atomic E-state index is 6.44. The molecule has 0 bridgehead atoms. The summed E-state index contributed by atoms with van der Waals surface area (Å²) in [4.78, 5) is 2.36. The molecule has 0 unspecified atom stereocenters. The molecule has 4 heteroatoms. The van der Waals surface area contributed by atoms with Crippen LogP contribution in [0.25, 0.3) is 88.1 Å². The van der Waals surface area contributed by atoms with Crippen LogP contribution in [0.15, 0.2) is 217 Å². The van der Waals surface area contributed by atoms with E-state index in [1.807, 2.05) is 12.1 Å². The van der Waals surface area contributed by atoms with Crippen LogP contribution in [0.3, 0.4) is 0 Å². The fraction of sp³-hybridized carbons (Fsp3) is 0. The van der Waals surface area contributed by atoms with Crippen LogP contribution in [0.1, 0.15) is 0 Å². The Morgan fingerprint density at radius 2 is 0.793 bits per heavy atom. The maximum atomic E-state index is 6.44. The third-order valence-electron chi connectivity index (χ3n) is 11.7. The smallest absolute Gasteiger partial charge is 0.143 e. The van der Waals surface area contributed by atoms with Crippen LogP contribution >= 0.6 is 0 Å². The Bertz CT molecular complexity index is 3410. The van der Waals surface area contributed by atoms with Crippen molar-refractivity contribution < 1.29 is 4.42 Å². The standard InChI is InChI=1S/C54H35N3O/c1-6-22-49-43(15-1)44-16-2-7-23-50(44)56(49)39-33-31-38(32-34-39)55(37-29-27-36(28-30-37)42-20-12-21-48-47-19-5-10-26-53(47)58-54(42)48)40-13-11-14-41(35-40)57-51-24-8-3-17-45(51)46-18-4-9-25-52(46)57/h1-35H. The molecule has 0 aliphatic rings. The predicted molar refractivity (Wildman–Crippen MR) is 243 cm³/mol. The van der Waals surface area contributed by atoms with Crippen LogP contribution in [0.4, 0.5) is 17.1 Å². The molecule has 0 radical (unpaired) electrons. The third-order valence-corrected chi connectivity index (χ3v) is 11.7. The first-order valence-corrected chi connectivity index (χ1v) is 19.8. The lowest BCUT2D eigenvalue weighted by molar-refractivity contribution is 0.670. The van der Waals surface area contributed by atoms with Gasteiger partial charge in [0.05, 0.1) is 22.1 Å². The zero-order valence-electron chi connectivity index (χ0n) is 31.5. The van der Waals surface area contributed by atoms with Crippen molar-refractivity contribution in [3.63, 3.8) is 0 Å². The third kappa shape index (κ3) is 4.95. The van der Waals surface area contributed by atoms with Gasteiger partial charge in [-0.1, -0.05) is 127 Å². The van der Waals surface area contributed by atoms with E-state index < -0.39 is 0 Å². The molecule has 3 aromatic heterocycles. The largest absolute Gasteiger partial charge is 0.455 e. The number of nitrogens with zero attached hydrogens (tertiary/aromatic N) is 3. The molecule has 0 spiro atoms. The summed E-state index contributed by atoms with van der Waals surface area (Å²) in [6.45, 7) is 0. The van der Waals surface area contributed by atoms with Gasteiger partial charge in [-0.3, -0.25) is 0 Å². The van der Waals surface area contributed by atoms with Crippen molar-refractivity contribution in [2.45, 2.75) is 0 Å². The van der Waals surface area contributed by atoms with Crippen molar-refractivity contribution in [1.29, 1.82) is 0 Å². The number of aromatic nitrogens is 2. The van der Waals surface area contributed by atoms with Crippen molar-refractivity contribution in [2.75, 3.05) is 4.90 Å². The number of para-hydroxylation sites is 6. The van der Waals surface area contributed by atoms with E-state index in [2.05, 4.69) is 214 Å². The minimum Gasteiger partial charge on any atom is -0.455 e. The fourth-order valence-electron chi connectivity index (χ4n) is 9.14. The van der Waals surface area contributed by atoms with Crippen molar-refractivity contribution >= 4 is 82.6 Å². The van der Waals surface area contributed by atoms with E-state index in [0.717, 1.165) is 61.5 Å². The van der Waals surface area contributed by atoms with Crippen molar-refractivity contribution in [1.82, 2.24) is 9.13 Å². The summed E-state index contributed by atoms with van der Waals surface area (Å²) in [5.74, 6) is 0. The quantitative estimate of drug-likeness (QED) is 0.170. The topological polar surface area (TPSA) is 26.2 Å². The molecular weight excluding hydrogens is 707 g/mol. The van der Waals surface area contributed by atoms with Gasteiger partial charge in [-0.05, 0) is 90.5 Å². The average molecular weight is 742 g/mol. The molecule has 3 heterocycles. The van der Waals surface area contributed by atoms with Gasteiger partial charge in [-0.15, -0.1) is 0 Å². The van der Waals surface area contributed by atoms with Gasteiger partial charge in [-0.2, -0.15) is 0 Å². The first-order valence-electron chi connectivity index (χ1n) is 19.8. The molecule has 272 valence electrons. The first-order chi connectivity index (χ1) is 28.8. The fourth-order valence-corrected chi connectivity index (χ4v) is 9.14. The van der Waals surface area contributed by atoms with E-state index in [1.165, 1.54) is 43.6 Å². The molecule has 12 rings (SSSR count). The molecule has 0 fully saturated rings. The Morgan fingerprint density at radius 1 is 0.328 bits per heavy atom. The molecule has 12 aromatic rings. The molecule has 0 atom stereocenters. The van der Waals surface area contributed by atoms with Gasteiger partial charge in [-0.25, -0.2) is 0 Å². The second kappa shape index (κ2) is 12.9. The van der Waals surface area contributed by atoms with Gasteiger partial charge in [0, 0.05) is 66.3 Å².